The van der Waals surface area contributed by atoms with Gasteiger partial charge in [0.1, 0.15) is 11.6 Å². The van der Waals surface area contributed by atoms with Crippen molar-refractivity contribution in [3.63, 3.8) is 0 Å². The molecule has 4 rings (SSSR count). The molecule has 0 saturated heterocycles. The summed E-state index contributed by atoms with van der Waals surface area (Å²) >= 11 is 0. The van der Waals surface area contributed by atoms with Crippen molar-refractivity contribution in [1.29, 1.82) is 0 Å². The maximum Gasteiger partial charge on any atom is 0.111 e. The van der Waals surface area contributed by atoms with Gasteiger partial charge in [-0.1, -0.05) is 36.4 Å². The van der Waals surface area contributed by atoms with E-state index in [0.717, 1.165) is 34.9 Å². The van der Waals surface area contributed by atoms with Gasteiger partial charge in [0, 0.05) is 24.3 Å². The largest absolute Gasteiger partial charge is 0.511 e. The molecule has 1 aliphatic carbocycles. The number of benzene rings is 2. The maximum absolute atomic E-state index is 9.81. The second kappa shape index (κ2) is 8.15. The van der Waals surface area contributed by atoms with Gasteiger partial charge in [-0.15, -0.1) is 0 Å². The highest BCUT2D eigenvalue weighted by atomic mass is 16.3. The van der Waals surface area contributed by atoms with Crippen molar-refractivity contribution < 1.29 is 5.11 Å². The SMILES string of the molecule is NC1C=C(CNc2ccc(NC3=Nc4ccccc4C3)cc2)/C=C\C/C=C\1O. The third-order valence-electron chi connectivity index (χ3n) is 4.81. The Bertz CT molecular complexity index is 970. The van der Waals surface area contributed by atoms with E-state index in [2.05, 4.69) is 21.7 Å². The van der Waals surface area contributed by atoms with Gasteiger partial charge in [-0.25, -0.2) is 4.99 Å². The van der Waals surface area contributed by atoms with Crippen molar-refractivity contribution in [2.24, 2.45) is 10.7 Å². The number of aliphatic imine (C=N–C) groups is 1. The number of hydrogen-bond acceptors (Lipinski definition) is 5. The number of para-hydroxylation sites is 1. The molecule has 1 aliphatic heterocycles. The fraction of sp³-hybridized carbons (Fsp3) is 0.174. The zero-order chi connectivity index (χ0) is 19.3. The van der Waals surface area contributed by atoms with E-state index < -0.39 is 6.04 Å². The Kier molecular flexibility index (Phi) is 5.26. The van der Waals surface area contributed by atoms with Gasteiger partial charge in [0.15, 0.2) is 0 Å². The topological polar surface area (TPSA) is 82.7 Å². The van der Waals surface area contributed by atoms with Crippen molar-refractivity contribution in [2.45, 2.75) is 18.9 Å². The molecule has 5 heteroatoms. The maximum atomic E-state index is 9.81. The minimum Gasteiger partial charge on any atom is -0.511 e. The highest BCUT2D eigenvalue weighted by Crippen LogP contribution is 2.26. The third kappa shape index (κ3) is 4.32. The molecule has 28 heavy (non-hydrogen) atoms. The molecule has 1 atom stereocenters. The lowest BCUT2D eigenvalue weighted by molar-refractivity contribution is 0.381. The average molecular weight is 372 g/mol. The highest BCUT2D eigenvalue weighted by molar-refractivity contribution is 6.02. The van der Waals surface area contributed by atoms with Crippen molar-refractivity contribution in [2.75, 3.05) is 17.2 Å². The molecule has 5 N–H and O–H groups in total. The Labute approximate surface area is 165 Å². The molecular formula is C23H24N4O. The molecule has 0 amide bonds. The lowest BCUT2D eigenvalue weighted by atomic mass is 10.1. The van der Waals surface area contributed by atoms with Crippen LogP contribution in [0.3, 0.4) is 0 Å². The van der Waals surface area contributed by atoms with Crippen LogP contribution in [-0.4, -0.2) is 23.5 Å². The highest BCUT2D eigenvalue weighted by Gasteiger charge is 2.13. The van der Waals surface area contributed by atoms with Gasteiger partial charge < -0.3 is 21.5 Å². The van der Waals surface area contributed by atoms with Crippen LogP contribution in [0.1, 0.15) is 12.0 Å². The van der Waals surface area contributed by atoms with Crippen molar-refractivity contribution >= 4 is 22.9 Å². The quantitative estimate of drug-likeness (QED) is 0.639. The number of nitrogens with one attached hydrogen (secondary N) is 2. The van der Waals surface area contributed by atoms with Gasteiger partial charge in [0.25, 0.3) is 0 Å². The van der Waals surface area contributed by atoms with E-state index in [1.165, 1.54) is 5.56 Å². The Hall–Kier alpha value is -3.31. The Morgan fingerprint density at radius 3 is 2.68 bits per heavy atom. The second-order valence-corrected chi connectivity index (χ2v) is 6.95. The van der Waals surface area contributed by atoms with Crippen LogP contribution in [-0.2, 0) is 6.42 Å². The van der Waals surface area contributed by atoms with Crippen LogP contribution >= 0.6 is 0 Å². The first kappa shape index (κ1) is 18.1. The normalized spacial score (nSPS) is 21.3. The first-order chi connectivity index (χ1) is 13.7. The fourth-order valence-corrected chi connectivity index (χ4v) is 3.28. The van der Waals surface area contributed by atoms with E-state index in [1.807, 2.05) is 60.7 Å². The smallest absolute Gasteiger partial charge is 0.111 e. The van der Waals surface area contributed by atoms with E-state index in [4.69, 9.17) is 5.73 Å². The van der Waals surface area contributed by atoms with Crippen LogP contribution < -0.4 is 16.4 Å². The summed E-state index contributed by atoms with van der Waals surface area (Å²) < 4.78 is 0. The summed E-state index contributed by atoms with van der Waals surface area (Å²) in [6.07, 6.45) is 9.19. The van der Waals surface area contributed by atoms with Crippen molar-refractivity contribution in [1.82, 2.24) is 0 Å². The van der Waals surface area contributed by atoms with Crippen LogP contribution in [0.25, 0.3) is 0 Å². The standard InChI is InChI=1S/C23H24N4O/c24-20-13-16(5-1-4-8-22(20)28)15-25-18-9-11-19(12-10-18)26-23-14-17-6-2-3-7-21(17)27-23/h1-3,5-13,20,25,28H,4,14-15,24H2,(H,26,27)/b5-1-,16-13?,22-8+. The number of anilines is 2. The molecule has 2 aliphatic rings. The monoisotopic (exact) mass is 372 g/mol. The van der Waals surface area contributed by atoms with Crippen LogP contribution in [0, 0.1) is 0 Å². The number of nitrogens with zero attached hydrogens (tertiary/aromatic N) is 1. The molecule has 0 bridgehead atoms. The van der Waals surface area contributed by atoms with E-state index >= 15 is 0 Å². The Balaban J connectivity index is 1.35. The van der Waals surface area contributed by atoms with Crippen LogP contribution in [0.5, 0.6) is 0 Å². The van der Waals surface area contributed by atoms with Gasteiger partial charge in [-0.3, -0.25) is 0 Å². The number of nitrogens with two attached hydrogens (primary N) is 1. The summed E-state index contributed by atoms with van der Waals surface area (Å²) in [4.78, 5) is 4.63. The molecule has 0 fully saturated rings. The molecule has 0 aromatic heterocycles. The molecule has 5 nitrogen and oxygen atoms in total. The van der Waals surface area contributed by atoms with E-state index in [0.29, 0.717) is 13.0 Å². The summed E-state index contributed by atoms with van der Waals surface area (Å²) in [7, 11) is 0. The second-order valence-electron chi connectivity index (χ2n) is 6.95. The minimum absolute atomic E-state index is 0.217. The number of aliphatic hydroxyl groups is 1. The number of rotatable bonds is 4. The molecule has 142 valence electrons. The summed E-state index contributed by atoms with van der Waals surface area (Å²) in [6, 6.07) is 15.9. The summed E-state index contributed by atoms with van der Waals surface area (Å²) in [5.74, 6) is 1.18. The number of fused-ring (bicyclic) bond motifs is 1. The molecule has 0 saturated carbocycles. The van der Waals surface area contributed by atoms with E-state index in [9.17, 15) is 5.11 Å². The van der Waals surface area contributed by atoms with E-state index in [1.54, 1.807) is 6.08 Å². The lowest BCUT2D eigenvalue weighted by Gasteiger charge is -2.13. The minimum atomic E-state index is -0.454. The van der Waals surface area contributed by atoms with Crippen molar-refractivity contribution in [3.05, 3.63) is 89.7 Å². The summed E-state index contributed by atoms with van der Waals surface area (Å²) in [5, 5.41) is 16.6. The molecule has 2 aromatic rings. The van der Waals surface area contributed by atoms with Crippen LogP contribution in [0.15, 0.2) is 89.2 Å². The molecular weight excluding hydrogens is 348 g/mol. The fourth-order valence-electron chi connectivity index (χ4n) is 3.28. The first-order valence-electron chi connectivity index (χ1n) is 9.45. The number of amidine groups is 1. The predicted octanol–water partition coefficient (Wildman–Crippen LogP) is 4.45. The zero-order valence-corrected chi connectivity index (χ0v) is 15.6. The molecule has 1 heterocycles. The number of hydrogen-bond donors (Lipinski definition) is 4. The molecule has 0 spiro atoms. The number of aliphatic hydroxyl groups excluding tert-OH is 1. The summed E-state index contributed by atoms with van der Waals surface area (Å²) in [6.45, 7) is 0.645. The lowest BCUT2D eigenvalue weighted by Crippen LogP contribution is -2.21. The van der Waals surface area contributed by atoms with Crippen LogP contribution in [0.4, 0.5) is 17.1 Å². The molecule has 2 aromatic carbocycles. The van der Waals surface area contributed by atoms with Crippen LogP contribution in [0.2, 0.25) is 0 Å². The van der Waals surface area contributed by atoms with Gasteiger partial charge in [-0.05, 0) is 54.0 Å². The predicted molar refractivity (Wildman–Crippen MR) is 116 cm³/mol. The Morgan fingerprint density at radius 1 is 1.07 bits per heavy atom. The van der Waals surface area contributed by atoms with Gasteiger partial charge in [0.05, 0.1) is 11.7 Å². The molecule has 1 unspecified atom stereocenters. The average Bonchev–Trinajstić information content (AvgIpc) is 3.11. The zero-order valence-electron chi connectivity index (χ0n) is 15.6. The molecule has 0 radical (unpaired) electrons. The van der Waals surface area contributed by atoms with Gasteiger partial charge in [-0.2, -0.15) is 0 Å². The van der Waals surface area contributed by atoms with Crippen molar-refractivity contribution in [3.8, 4) is 0 Å². The van der Waals surface area contributed by atoms with Gasteiger partial charge in [0.2, 0.25) is 0 Å². The summed E-state index contributed by atoms with van der Waals surface area (Å²) in [5.41, 5.74) is 11.3. The van der Waals surface area contributed by atoms with Gasteiger partial charge >= 0.3 is 0 Å². The van der Waals surface area contributed by atoms with E-state index in [-0.39, 0.29) is 5.76 Å². The third-order valence-corrected chi connectivity index (χ3v) is 4.81. The Morgan fingerprint density at radius 2 is 1.86 bits per heavy atom. The first-order valence-corrected chi connectivity index (χ1v) is 9.45. The number of allylic oxidation sites excluding steroid dienone is 2.